The van der Waals surface area contributed by atoms with E-state index in [0.717, 1.165) is 0 Å². The summed E-state index contributed by atoms with van der Waals surface area (Å²) in [7, 11) is 0. The summed E-state index contributed by atoms with van der Waals surface area (Å²) in [5, 5.41) is 0. The number of ether oxygens (including phenoxy) is 2. The van der Waals surface area contributed by atoms with E-state index in [0.29, 0.717) is 13.1 Å². The van der Waals surface area contributed by atoms with E-state index in [9.17, 15) is 14.4 Å². The zero-order chi connectivity index (χ0) is 15.4. The Bertz CT molecular complexity index is 466. The zero-order valence-electron chi connectivity index (χ0n) is 12.0. The van der Waals surface area contributed by atoms with Crippen LogP contribution in [-0.2, 0) is 23.9 Å². The van der Waals surface area contributed by atoms with Crippen molar-refractivity contribution in [3.63, 3.8) is 0 Å². The lowest BCUT2D eigenvalue weighted by Gasteiger charge is -2.35. The molecule has 1 saturated heterocycles. The Morgan fingerprint density at radius 3 is 2.57 bits per heavy atom. The number of hydrogen-bond acceptors (Lipinski definition) is 6. The SMILES string of the molecule is C[C@@H]1CN(C(=O)COC(=O)C2=CCC(=O)NN2)C[C@H](C)O1. The number of hydrogen-bond donors (Lipinski definition) is 2. The summed E-state index contributed by atoms with van der Waals surface area (Å²) < 4.78 is 10.5. The third-order valence-corrected chi connectivity index (χ3v) is 3.15. The van der Waals surface area contributed by atoms with Gasteiger partial charge in [-0.1, -0.05) is 0 Å². The van der Waals surface area contributed by atoms with Crippen molar-refractivity contribution >= 4 is 17.8 Å². The average molecular weight is 297 g/mol. The van der Waals surface area contributed by atoms with Crippen LogP contribution in [0.15, 0.2) is 11.8 Å². The van der Waals surface area contributed by atoms with Gasteiger partial charge in [0.15, 0.2) is 6.61 Å². The van der Waals surface area contributed by atoms with Gasteiger partial charge in [-0.2, -0.15) is 0 Å². The molecule has 8 heteroatoms. The van der Waals surface area contributed by atoms with Gasteiger partial charge in [-0.05, 0) is 19.9 Å². The predicted molar refractivity (Wildman–Crippen MR) is 71.5 cm³/mol. The summed E-state index contributed by atoms with van der Waals surface area (Å²) in [6, 6.07) is 0. The molecule has 0 saturated carbocycles. The minimum Gasteiger partial charge on any atom is -0.451 e. The van der Waals surface area contributed by atoms with Crippen LogP contribution in [0.2, 0.25) is 0 Å². The molecule has 116 valence electrons. The quantitative estimate of drug-likeness (QED) is 0.654. The molecule has 0 unspecified atom stereocenters. The van der Waals surface area contributed by atoms with E-state index in [-0.39, 0.29) is 42.7 Å². The topological polar surface area (TPSA) is 97.0 Å². The number of nitrogens with one attached hydrogen (secondary N) is 2. The summed E-state index contributed by atoms with van der Waals surface area (Å²) in [6.07, 6.45) is 1.45. The normalized spacial score (nSPS) is 25.5. The van der Waals surface area contributed by atoms with Gasteiger partial charge in [0.25, 0.3) is 5.91 Å². The first kappa shape index (κ1) is 15.3. The standard InChI is InChI=1S/C13H19N3O5/c1-8-5-16(6-9(2)21-8)12(18)7-20-13(19)10-3-4-11(17)15-14-10/h3,8-9,14H,4-7H2,1-2H3,(H,15,17)/t8-,9+. The first-order valence-corrected chi connectivity index (χ1v) is 6.81. The van der Waals surface area contributed by atoms with Crippen molar-refractivity contribution in [1.29, 1.82) is 0 Å². The molecular formula is C13H19N3O5. The van der Waals surface area contributed by atoms with Crippen molar-refractivity contribution in [2.45, 2.75) is 32.5 Å². The smallest absolute Gasteiger partial charge is 0.356 e. The van der Waals surface area contributed by atoms with Gasteiger partial charge in [-0.3, -0.25) is 20.4 Å². The molecule has 0 aliphatic carbocycles. The molecule has 2 N–H and O–H groups in total. The maximum Gasteiger partial charge on any atom is 0.356 e. The first-order chi connectivity index (χ1) is 9.95. The number of amides is 2. The van der Waals surface area contributed by atoms with E-state index in [1.54, 1.807) is 4.90 Å². The second-order valence-corrected chi connectivity index (χ2v) is 5.13. The van der Waals surface area contributed by atoms with E-state index in [2.05, 4.69) is 10.9 Å². The van der Waals surface area contributed by atoms with Crippen LogP contribution in [0.4, 0.5) is 0 Å². The summed E-state index contributed by atoms with van der Waals surface area (Å²) >= 11 is 0. The van der Waals surface area contributed by atoms with Gasteiger partial charge in [-0.15, -0.1) is 0 Å². The Balaban J connectivity index is 1.81. The van der Waals surface area contributed by atoms with Crippen LogP contribution in [0.5, 0.6) is 0 Å². The van der Waals surface area contributed by atoms with E-state index in [1.807, 2.05) is 13.8 Å². The lowest BCUT2D eigenvalue weighted by Crippen LogP contribution is -2.49. The molecule has 0 spiro atoms. The lowest BCUT2D eigenvalue weighted by molar-refractivity contribution is -0.155. The van der Waals surface area contributed by atoms with Crippen LogP contribution >= 0.6 is 0 Å². The third-order valence-electron chi connectivity index (χ3n) is 3.15. The molecule has 0 aromatic carbocycles. The number of nitrogens with zero attached hydrogens (tertiary/aromatic N) is 1. The van der Waals surface area contributed by atoms with E-state index in [1.165, 1.54) is 6.08 Å². The fourth-order valence-electron chi connectivity index (χ4n) is 2.25. The number of carbonyl (C=O) groups excluding carboxylic acids is 3. The summed E-state index contributed by atoms with van der Waals surface area (Å²) in [5.74, 6) is -1.16. The summed E-state index contributed by atoms with van der Waals surface area (Å²) in [4.78, 5) is 36.3. The number of rotatable bonds is 3. The fraction of sp³-hybridized carbons (Fsp3) is 0.615. The Morgan fingerprint density at radius 2 is 2.00 bits per heavy atom. The molecule has 0 bridgehead atoms. The van der Waals surface area contributed by atoms with Gasteiger partial charge in [0.1, 0.15) is 5.70 Å². The molecule has 21 heavy (non-hydrogen) atoms. The first-order valence-electron chi connectivity index (χ1n) is 6.81. The molecule has 2 heterocycles. The number of morpholine rings is 1. The molecule has 0 aromatic heterocycles. The molecule has 2 atom stereocenters. The van der Waals surface area contributed by atoms with Gasteiger partial charge in [0.2, 0.25) is 5.91 Å². The molecular weight excluding hydrogens is 278 g/mol. The van der Waals surface area contributed by atoms with E-state index in [4.69, 9.17) is 9.47 Å². The molecule has 2 aliphatic rings. The largest absolute Gasteiger partial charge is 0.451 e. The third kappa shape index (κ3) is 4.19. The Morgan fingerprint density at radius 1 is 1.33 bits per heavy atom. The maximum absolute atomic E-state index is 12.0. The lowest BCUT2D eigenvalue weighted by atomic mass is 10.2. The monoisotopic (exact) mass is 297 g/mol. The number of esters is 1. The highest BCUT2D eigenvalue weighted by atomic mass is 16.5. The second kappa shape index (κ2) is 6.57. The van der Waals surface area contributed by atoms with Gasteiger partial charge in [0, 0.05) is 19.5 Å². The minimum absolute atomic E-state index is 0.0358. The van der Waals surface area contributed by atoms with Gasteiger partial charge >= 0.3 is 5.97 Å². The molecule has 2 amide bonds. The van der Waals surface area contributed by atoms with Gasteiger partial charge in [0.05, 0.1) is 12.2 Å². The van der Waals surface area contributed by atoms with Crippen LogP contribution in [0.3, 0.4) is 0 Å². The maximum atomic E-state index is 12.0. The van der Waals surface area contributed by atoms with Gasteiger partial charge < -0.3 is 14.4 Å². The Kier molecular flexibility index (Phi) is 4.79. The minimum atomic E-state index is -0.669. The number of hydrazine groups is 1. The molecule has 0 aromatic rings. The zero-order valence-corrected chi connectivity index (χ0v) is 12.0. The van der Waals surface area contributed by atoms with E-state index >= 15 is 0 Å². The average Bonchev–Trinajstić information content (AvgIpc) is 2.44. The van der Waals surface area contributed by atoms with Crippen LogP contribution in [-0.4, -0.2) is 54.6 Å². The summed E-state index contributed by atoms with van der Waals surface area (Å²) in [5.41, 5.74) is 4.86. The Hall–Kier alpha value is -2.09. The molecule has 1 fully saturated rings. The van der Waals surface area contributed by atoms with Crippen molar-refractivity contribution < 1.29 is 23.9 Å². The highest BCUT2D eigenvalue weighted by molar-refractivity contribution is 5.92. The van der Waals surface area contributed by atoms with Crippen LogP contribution < -0.4 is 10.9 Å². The fourth-order valence-corrected chi connectivity index (χ4v) is 2.25. The molecule has 2 rings (SSSR count). The van der Waals surface area contributed by atoms with Crippen molar-refractivity contribution in [1.82, 2.24) is 15.8 Å². The van der Waals surface area contributed by atoms with E-state index < -0.39 is 5.97 Å². The van der Waals surface area contributed by atoms with Crippen LogP contribution in [0.1, 0.15) is 20.3 Å². The van der Waals surface area contributed by atoms with Crippen molar-refractivity contribution in [2.75, 3.05) is 19.7 Å². The summed E-state index contributed by atoms with van der Waals surface area (Å²) in [6.45, 7) is 4.42. The van der Waals surface area contributed by atoms with Crippen molar-refractivity contribution in [3.05, 3.63) is 11.8 Å². The highest BCUT2D eigenvalue weighted by Gasteiger charge is 2.27. The number of carbonyl (C=O) groups is 3. The van der Waals surface area contributed by atoms with Gasteiger partial charge in [-0.25, -0.2) is 4.79 Å². The Labute approximate surface area is 122 Å². The molecule has 0 radical (unpaired) electrons. The van der Waals surface area contributed by atoms with Crippen LogP contribution in [0.25, 0.3) is 0 Å². The van der Waals surface area contributed by atoms with Crippen molar-refractivity contribution in [3.8, 4) is 0 Å². The second-order valence-electron chi connectivity index (χ2n) is 5.13. The van der Waals surface area contributed by atoms with Crippen LogP contribution in [0, 0.1) is 0 Å². The van der Waals surface area contributed by atoms with Crippen molar-refractivity contribution in [2.24, 2.45) is 0 Å². The predicted octanol–water partition coefficient (Wildman–Crippen LogP) is -0.926. The molecule has 8 nitrogen and oxygen atoms in total. The highest BCUT2D eigenvalue weighted by Crippen LogP contribution is 2.11. The molecule has 2 aliphatic heterocycles.